The molecule has 0 radical (unpaired) electrons. The molecule has 100 valence electrons. The van der Waals surface area contributed by atoms with E-state index in [9.17, 15) is 0 Å². The van der Waals surface area contributed by atoms with Crippen molar-refractivity contribution in [1.29, 1.82) is 0 Å². The topological polar surface area (TPSA) is 21.3 Å². The summed E-state index contributed by atoms with van der Waals surface area (Å²) >= 11 is 7.07. The second kappa shape index (κ2) is 6.40. The van der Waals surface area contributed by atoms with E-state index in [2.05, 4.69) is 56.2 Å². The fraction of sp³-hybridized carbons (Fsp3) is 0.571. The number of benzene rings is 1. The van der Waals surface area contributed by atoms with Crippen LogP contribution in [0.25, 0.3) is 0 Å². The zero-order chi connectivity index (χ0) is 13.1. The van der Waals surface area contributed by atoms with Gasteiger partial charge in [-0.2, -0.15) is 0 Å². The number of halogens is 2. The van der Waals surface area contributed by atoms with Gasteiger partial charge in [0, 0.05) is 12.6 Å². The third-order valence-electron chi connectivity index (χ3n) is 3.30. The van der Waals surface area contributed by atoms with E-state index in [1.807, 2.05) is 0 Å². The van der Waals surface area contributed by atoms with Gasteiger partial charge < -0.3 is 10.1 Å². The third-order valence-corrected chi connectivity index (χ3v) is 4.48. The Hall–Kier alpha value is -0.0600. The molecule has 1 saturated carbocycles. The largest absolute Gasteiger partial charge is 0.494 e. The van der Waals surface area contributed by atoms with Gasteiger partial charge in [0.25, 0.3) is 0 Å². The molecule has 0 spiro atoms. The van der Waals surface area contributed by atoms with Gasteiger partial charge in [0.15, 0.2) is 0 Å². The zero-order valence-electron chi connectivity index (χ0n) is 10.8. The van der Waals surface area contributed by atoms with Crippen LogP contribution in [0.1, 0.15) is 31.7 Å². The van der Waals surface area contributed by atoms with Crippen molar-refractivity contribution in [3.8, 4) is 5.75 Å². The van der Waals surface area contributed by atoms with Crippen LogP contribution < -0.4 is 10.1 Å². The molecule has 4 heteroatoms. The minimum Gasteiger partial charge on any atom is -0.494 e. The van der Waals surface area contributed by atoms with Crippen molar-refractivity contribution in [1.82, 2.24) is 5.32 Å². The maximum Gasteiger partial charge on any atom is 0.147 e. The summed E-state index contributed by atoms with van der Waals surface area (Å²) in [5.41, 5.74) is 1.26. The number of hydrogen-bond donors (Lipinski definition) is 1. The molecule has 1 aromatic rings. The van der Waals surface area contributed by atoms with Gasteiger partial charge in [0.2, 0.25) is 0 Å². The van der Waals surface area contributed by atoms with Crippen molar-refractivity contribution in [2.24, 2.45) is 5.92 Å². The Morgan fingerprint density at radius 1 is 1.33 bits per heavy atom. The summed E-state index contributed by atoms with van der Waals surface area (Å²) in [4.78, 5) is 0. The maximum atomic E-state index is 5.30. The normalized spacial score (nSPS) is 16.7. The Kier molecular flexibility index (Phi) is 5.10. The lowest BCUT2D eigenvalue weighted by molar-refractivity contribution is 0.409. The molecule has 0 saturated heterocycles. The van der Waals surface area contributed by atoms with Crippen LogP contribution in [0.15, 0.2) is 21.1 Å². The lowest BCUT2D eigenvalue weighted by Crippen LogP contribution is -2.25. The van der Waals surface area contributed by atoms with Crippen LogP contribution in [-0.4, -0.2) is 13.2 Å². The van der Waals surface area contributed by atoms with Gasteiger partial charge in [-0.25, -0.2) is 0 Å². The van der Waals surface area contributed by atoms with Crippen molar-refractivity contribution in [2.75, 3.05) is 7.11 Å². The van der Waals surface area contributed by atoms with Gasteiger partial charge in [0.1, 0.15) is 5.75 Å². The van der Waals surface area contributed by atoms with Crippen molar-refractivity contribution in [2.45, 2.75) is 38.8 Å². The van der Waals surface area contributed by atoms with E-state index >= 15 is 0 Å². The SMILES string of the molecule is COc1c(Br)cc(CNC(C)CC2CC2)cc1Br. The molecule has 1 atom stereocenters. The highest BCUT2D eigenvalue weighted by molar-refractivity contribution is 9.11. The minimum absolute atomic E-state index is 0.595. The first-order valence-electron chi connectivity index (χ1n) is 6.35. The van der Waals surface area contributed by atoms with Crippen LogP contribution >= 0.6 is 31.9 Å². The number of methoxy groups -OCH3 is 1. The van der Waals surface area contributed by atoms with Crippen LogP contribution in [0.3, 0.4) is 0 Å². The van der Waals surface area contributed by atoms with Crippen molar-refractivity contribution < 1.29 is 4.74 Å². The summed E-state index contributed by atoms with van der Waals surface area (Å²) in [5.74, 6) is 1.83. The van der Waals surface area contributed by atoms with Gasteiger partial charge in [-0.1, -0.05) is 12.8 Å². The fourth-order valence-electron chi connectivity index (χ4n) is 2.14. The summed E-state index contributed by atoms with van der Waals surface area (Å²) in [6, 6.07) is 4.82. The van der Waals surface area contributed by atoms with E-state index in [4.69, 9.17) is 4.74 Å². The first-order chi connectivity index (χ1) is 8.60. The van der Waals surface area contributed by atoms with E-state index in [0.29, 0.717) is 6.04 Å². The lowest BCUT2D eigenvalue weighted by atomic mass is 10.1. The predicted molar refractivity (Wildman–Crippen MR) is 82.0 cm³/mol. The molecule has 18 heavy (non-hydrogen) atoms. The first-order valence-corrected chi connectivity index (χ1v) is 7.94. The van der Waals surface area contributed by atoms with Gasteiger partial charge >= 0.3 is 0 Å². The van der Waals surface area contributed by atoms with Gasteiger partial charge in [-0.15, -0.1) is 0 Å². The average molecular weight is 377 g/mol. The number of hydrogen-bond acceptors (Lipinski definition) is 2. The summed E-state index contributed by atoms with van der Waals surface area (Å²) in [7, 11) is 1.68. The molecular formula is C14H19Br2NO. The highest BCUT2D eigenvalue weighted by Crippen LogP contribution is 2.35. The Morgan fingerprint density at radius 3 is 2.44 bits per heavy atom. The number of ether oxygens (including phenoxy) is 1. The van der Waals surface area contributed by atoms with Crippen LogP contribution in [0.2, 0.25) is 0 Å². The van der Waals surface area contributed by atoms with Gasteiger partial charge in [-0.3, -0.25) is 0 Å². The highest BCUT2D eigenvalue weighted by Gasteiger charge is 2.23. The van der Waals surface area contributed by atoms with Crippen molar-refractivity contribution in [3.05, 3.63) is 26.6 Å². The molecule has 1 fully saturated rings. The minimum atomic E-state index is 0.595. The molecule has 1 aliphatic rings. The maximum absolute atomic E-state index is 5.30. The van der Waals surface area contributed by atoms with E-state index < -0.39 is 0 Å². The molecular weight excluding hydrogens is 358 g/mol. The standard InChI is InChI=1S/C14H19Br2NO/c1-9(5-10-3-4-10)17-8-11-6-12(15)14(18-2)13(16)7-11/h6-7,9-10,17H,3-5,8H2,1-2H3. The molecule has 0 aliphatic heterocycles. The zero-order valence-corrected chi connectivity index (χ0v) is 14.0. The molecule has 1 aliphatic carbocycles. The fourth-order valence-corrected chi connectivity index (χ4v) is 3.74. The lowest BCUT2D eigenvalue weighted by Gasteiger charge is -2.14. The monoisotopic (exact) mass is 375 g/mol. The predicted octanol–water partition coefficient (Wildman–Crippen LogP) is 4.50. The van der Waals surface area contributed by atoms with E-state index in [1.54, 1.807) is 7.11 Å². The van der Waals surface area contributed by atoms with Gasteiger partial charge in [0.05, 0.1) is 16.1 Å². The molecule has 0 bridgehead atoms. The van der Waals surface area contributed by atoms with Crippen molar-refractivity contribution in [3.63, 3.8) is 0 Å². The molecule has 2 nitrogen and oxygen atoms in total. The second-order valence-electron chi connectivity index (χ2n) is 5.05. The van der Waals surface area contributed by atoms with Crippen LogP contribution in [0, 0.1) is 5.92 Å². The first kappa shape index (κ1) is 14.4. The molecule has 0 heterocycles. The molecule has 2 rings (SSSR count). The molecule has 1 N–H and O–H groups in total. The molecule has 1 aromatic carbocycles. The van der Waals surface area contributed by atoms with Crippen LogP contribution in [0.5, 0.6) is 5.75 Å². The van der Waals surface area contributed by atoms with Crippen LogP contribution in [0.4, 0.5) is 0 Å². The van der Waals surface area contributed by atoms with E-state index in [-0.39, 0.29) is 0 Å². The Morgan fingerprint density at radius 2 is 1.94 bits per heavy atom. The molecule has 0 aromatic heterocycles. The smallest absolute Gasteiger partial charge is 0.147 e. The third kappa shape index (κ3) is 3.97. The Bertz CT molecular complexity index is 395. The van der Waals surface area contributed by atoms with Crippen molar-refractivity contribution >= 4 is 31.9 Å². The van der Waals surface area contributed by atoms with Crippen LogP contribution in [-0.2, 0) is 6.54 Å². The highest BCUT2D eigenvalue weighted by atomic mass is 79.9. The molecule has 0 amide bonds. The second-order valence-corrected chi connectivity index (χ2v) is 6.76. The quantitative estimate of drug-likeness (QED) is 0.789. The Balaban J connectivity index is 1.92. The Labute approximate surface area is 126 Å². The summed E-state index contributed by atoms with van der Waals surface area (Å²) < 4.78 is 7.29. The number of rotatable bonds is 6. The summed E-state index contributed by atoms with van der Waals surface area (Å²) in [5, 5.41) is 3.58. The molecule has 1 unspecified atom stereocenters. The van der Waals surface area contributed by atoms with E-state index in [0.717, 1.165) is 27.2 Å². The summed E-state index contributed by atoms with van der Waals surface area (Å²) in [6.45, 7) is 3.17. The van der Waals surface area contributed by atoms with E-state index in [1.165, 1.54) is 24.8 Å². The van der Waals surface area contributed by atoms with Gasteiger partial charge in [-0.05, 0) is 68.8 Å². The number of nitrogens with one attached hydrogen (secondary N) is 1. The summed E-state index contributed by atoms with van der Waals surface area (Å²) in [6.07, 6.45) is 4.15. The average Bonchev–Trinajstić information content (AvgIpc) is 3.10.